The van der Waals surface area contributed by atoms with Gasteiger partial charge in [-0.05, 0) is 43.3 Å². The van der Waals surface area contributed by atoms with E-state index in [4.69, 9.17) is 32.7 Å². The van der Waals surface area contributed by atoms with Gasteiger partial charge in [0.2, 0.25) is 5.91 Å². The topological polar surface area (TPSA) is 84.9 Å². The zero-order valence-corrected chi connectivity index (χ0v) is 20.5. The van der Waals surface area contributed by atoms with Gasteiger partial charge in [0, 0.05) is 6.07 Å². The molecule has 1 N–H and O–H groups in total. The normalized spacial score (nSPS) is 11.1. The fourth-order valence-corrected chi connectivity index (χ4v) is 4.93. The second-order valence-electron chi connectivity index (χ2n) is 7.01. The molecule has 1 amide bonds. The van der Waals surface area contributed by atoms with Crippen LogP contribution in [-0.4, -0.2) is 35.1 Å². The van der Waals surface area contributed by atoms with E-state index in [0.717, 1.165) is 9.87 Å². The summed E-state index contributed by atoms with van der Waals surface area (Å²) in [4.78, 5) is 13.0. The maximum Gasteiger partial charge on any atom is 0.264 e. The molecule has 0 bridgehead atoms. The van der Waals surface area contributed by atoms with Crippen molar-refractivity contribution in [3.8, 4) is 11.5 Å². The van der Waals surface area contributed by atoms with Crippen LogP contribution in [0.15, 0.2) is 65.6 Å². The molecule has 0 aromatic heterocycles. The van der Waals surface area contributed by atoms with Crippen LogP contribution in [0.25, 0.3) is 0 Å². The first kappa shape index (κ1) is 24.7. The lowest BCUT2D eigenvalue weighted by Gasteiger charge is -2.25. The molecule has 174 valence electrons. The van der Waals surface area contributed by atoms with E-state index in [0.29, 0.717) is 17.2 Å². The van der Waals surface area contributed by atoms with Crippen LogP contribution in [-0.2, 0) is 14.8 Å². The van der Waals surface area contributed by atoms with Gasteiger partial charge in [-0.3, -0.25) is 9.10 Å². The van der Waals surface area contributed by atoms with E-state index >= 15 is 0 Å². The highest BCUT2D eigenvalue weighted by Crippen LogP contribution is 2.36. The Labute approximate surface area is 202 Å². The summed E-state index contributed by atoms with van der Waals surface area (Å²) in [5, 5.41) is 2.85. The number of methoxy groups -OCH3 is 2. The Bertz CT molecular complexity index is 1260. The Morgan fingerprint density at radius 1 is 1.00 bits per heavy atom. The summed E-state index contributed by atoms with van der Waals surface area (Å²) in [5.74, 6) is 0.263. The number of amides is 1. The molecule has 0 radical (unpaired) electrons. The van der Waals surface area contributed by atoms with E-state index in [1.807, 2.05) is 6.92 Å². The Kier molecular flexibility index (Phi) is 7.73. The molecule has 0 aliphatic carbocycles. The third kappa shape index (κ3) is 5.52. The van der Waals surface area contributed by atoms with Gasteiger partial charge in [0.05, 0.1) is 40.5 Å². The zero-order valence-electron chi connectivity index (χ0n) is 18.1. The first-order chi connectivity index (χ1) is 15.7. The zero-order chi connectivity index (χ0) is 24.2. The molecule has 3 aromatic carbocycles. The number of carbonyl (C=O) groups is 1. The SMILES string of the molecule is COc1ccc(OC)c(NC(=O)CN(c2cccc(Cl)c2Cl)S(=O)(=O)c2ccc(C)cc2)c1. The maximum atomic E-state index is 13.5. The number of aryl methyl sites for hydroxylation is 1. The number of ether oxygens (including phenoxy) is 2. The fourth-order valence-electron chi connectivity index (χ4n) is 3.05. The molecular weight excluding hydrogens is 487 g/mol. The molecule has 7 nitrogen and oxygen atoms in total. The lowest BCUT2D eigenvalue weighted by molar-refractivity contribution is -0.114. The number of nitrogens with one attached hydrogen (secondary N) is 1. The molecule has 0 heterocycles. The van der Waals surface area contributed by atoms with Crippen molar-refractivity contribution in [1.82, 2.24) is 0 Å². The number of benzene rings is 3. The molecule has 0 unspecified atom stereocenters. The molecule has 10 heteroatoms. The summed E-state index contributed by atoms with van der Waals surface area (Å²) >= 11 is 12.5. The number of hydrogen-bond donors (Lipinski definition) is 1. The van der Waals surface area contributed by atoms with Crippen molar-refractivity contribution in [2.45, 2.75) is 11.8 Å². The molecule has 0 saturated heterocycles. The minimum atomic E-state index is -4.15. The van der Waals surface area contributed by atoms with Gasteiger partial charge in [-0.2, -0.15) is 0 Å². The summed E-state index contributed by atoms with van der Waals surface area (Å²) in [6.07, 6.45) is 0. The first-order valence-corrected chi connectivity index (χ1v) is 11.9. The highest BCUT2D eigenvalue weighted by molar-refractivity contribution is 7.92. The highest BCUT2D eigenvalue weighted by Gasteiger charge is 2.29. The Balaban J connectivity index is 2.01. The smallest absolute Gasteiger partial charge is 0.264 e. The van der Waals surface area contributed by atoms with Gasteiger partial charge in [0.1, 0.15) is 18.0 Å². The molecule has 3 aromatic rings. The number of halogens is 2. The van der Waals surface area contributed by atoms with Gasteiger partial charge in [0.25, 0.3) is 10.0 Å². The van der Waals surface area contributed by atoms with Crippen molar-refractivity contribution in [3.63, 3.8) is 0 Å². The van der Waals surface area contributed by atoms with Gasteiger partial charge in [-0.15, -0.1) is 0 Å². The number of sulfonamides is 1. The predicted octanol–water partition coefficient (Wildman–Crippen LogP) is 5.15. The van der Waals surface area contributed by atoms with Crippen molar-refractivity contribution in [3.05, 3.63) is 76.3 Å². The lowest BCUT2D eigenvalue weighted by Crippen LogP contribution is -2.38. The fraction of sp³-hybridized carbons (Fsp3) is 0.174. The average Bonchev–Trinajstić information content (AvgIpc) is 2.79. The number of rotatable bonds is 8. The van der Waals surface area contributed by atoms with Crippen LogP contribution in [0, 0.1) is 6.92 Å². The van der Waals surface area contributed by atoms with Crippen LogP contribution in [0.2, 0.25) is 10.0 Å². The van der Waals surface area contributed by atoms with Crippen molar-refractivity contribution in [2.75, 3.05) is 30.4 Å². The summed E-state index contributed by atoms with van der Waals surface area (Å²) in [5.41, 5.74) is 1.30. The van der Waals surface area contributed by atoms with E-state index in [-0.39, 0.29) is 20.6 Å². The summed E-state index contributed by atoms with van der Waals surface area (Å²) in [7, 11) is -1.21. The summed E-state index contributed by atoms with van der Waals surface area (Å²) in [6.45, 7) is 1.29. The van der Waals surface area contributed by atoms with E-state index in [1.54, 1.807) is 36.4 Å². The van der Waals surface area contributed by atoms with Crippen molar-refractivity contribution >= 4 is 50.5 Å². The van der Waals surface area contributed by atoms with Gasteiger partial charge in [0.15, 0.2) is 0 Å². The van der Waals surface area contributed by atoms with E-state index in [1.165, 1.54) is 38.5 Å². The lowest BCUT2D eigenvalue weighted by atomic mass is 10.2. The predicted molar refractivity (Wildman–Crippen MR) is 130 cm³/mol. The Hall–Kier alpha value is -2.94. The maximum absolute atomic E-state index is 13.5. The highest BCUT2D eigenvalue weighted by atomic mass is 35.5. The average molecular weight is 509 g/mol. The van der Waals surface area contributed by atoms with Gasteiger partial charge in [-0.1, -0.05) is 47.0 Å². The minimum absolute atomic E-state index is 0.0101. The molecule has 0 aliphatic rings. The molecule has 0 spiro atoms. The largest absolute Gasteiger partial charge is 0.497 e. The van der Waals surface area contributed by atoms with Crippen LogP contribution in [0.3, 0.4) is 0 Å². The second kappa shape index (κ2) is 10.3. The minimum Gasteiger partial charge on any atom is -0.497 e. The molecule has 0 aliphatic heterocycles. The quantitative estimate of drug-likeness (QED) is 0.454. The first-order valence-electron chi connectivity index (χ1n) is 9.72. The van der Waals surface area contributed by atoms with Gasteiger partial charge >= 0.3 is 0 Å². The molecule has 0 fully saturated rings. The number of hydrogen-bond acceptors (Lipinski definition) is 5. The standard InChI is InChI=1S/C23H22Cl2N2O5S/c1-15-7-10-17(11-8-15)33(29,30)27(20-6-4-5-18(24)23(20)25)14-22(28)26-19-13-16(31-2)9-12-21(19)32-3/h4-13H,14H2,1-3H3,(H,26,28). The third-order valence-electron chi connectivity index (χ3n) is 4.78. The van der Waals surface area contributed by atoms with Crippen LogP contribution in [0.1, 0.15) is 5.56 Å². The van der Waals surface area contributed by atoms with Gasteiger partial charge in [-0.25, -0.2) is 8.42 Å². The van der Waals surface area contributed by atoms with Crippen molar-refractivity contribution < 1.29 is 22.7 Å². The van der Waals surface area contributed by atoms with Crippen molar-refractivity contribution in [1.29, 1.82) is 0 Å². The van der Waals surface area contributed by atoms with E-state index in [2.05, 4.69) is 5.32 Å². The molecule has 0 saturated carbocycles. The monoisotopic (exact) mass is 508 g/mol. The van der Waals surface area contributed by atoms with Crippen LogP contribution >= 0.6 is 23.2 Å². The number of carbonyl (C=O) groups excluding carboxylic acids is 1. The van der Waals surface area contributed by atoms with Crippen molar-refractivity contribution in [2.24, 2.45) is 0 Å². The molecule has 0 atom stereocenters. The van der Waals surface area contributed by atoms with E-state index in [9.17, 15) is 13.2 Å². The van der Waals surface area contributed by atoms with E-state index < -0.39 is 22.5 Å². The second-order valence-corrected chi connectivity index (χ2v) is 9.66. The summed E-state index contributed by atoms with van der Waals surface area (Å²) in [6, 6.07) is 15.7. The Morgan fingerprint density at radius 2 is 1.70 bits per heavy atom. The third-order valence-corrected chi connectivity index (χ3v) is 7.36. The summed E-state index contributed by atoms with van der Waals surface area (Å²) < 4.78 is 38.4. The molecule has 3 rings (SSSR count). The number of nitrogens with zero attached hydrogens (tertiary/aromatic N) is 1. The molecular formula is C23H22Cl2N2O5S. The van der Waals surface area contributed by atoms with Gasteiger partial charge < -0.3 is 14.8 Å². The number of anilines is 2. The van der Waals surface area contributed by atoms with Crippen LogP contribution < -0.4 is 19.1 Å². The van der Waals surface area contributed by atoms with Crippen LogP contribution in [0.4, 0.5) is 11.4 Å². The van der Waals surface area contributed by atoms with Crippen LogP contribution in [0.5, 0.6) is 11.5 Å². The molecule has 33 heavy (non-hydrogen) atoms. The Morgan fingerprint density at radius 3 is 2.33 bits per heavy atom.